The fraction of sp³-hybridized carbons (Fsp3) is 1.00. The van der Waals surface area contributed by atoms with E-state index in [-0.39, 0.29) is 0 Å². The van der Waals surface area contributed by atoms with Crippen LogP contribution >= 0.6 is 0 Å². The fourth-order valence-electron chi connectivity index (χ4n) is 2.50. The van der Waals surface area contributed by atoms with E-state index in [1.54, 1.807) is 0 Å². The molecule has 1 heterocycles. The predicted molar refractivity (Wildman–Crippen MR) is 52.2 cm³/mol. The zero-order chi connectivity index (χ0) is 9.03. The van der Waals surface area contributed by atoms with Crippen molar-refractivity contribution >= 4 is 0 Å². The average Bonchev–Trinajstić information content (AvgIpc) is 2.68. The molecule has 0 aromatic heterocycles. The number of rotatable bonds is 0. The van der Waals surface area contributed by atoms with E-state index in [1.165, 1.54) is 25.7 Å². The van der Waals surface area contributed by atoms with Gasteiger partial charge >= 0.3 is 0 Å². The second-order valence-corrected chi connectivity index (χ2v) is 4.15. The molecular weight excluding hydrogens is 148 g/mol. The van der Waals surface area contributed by atoms with Crippen LogP contribution in [0.2, 0.25) is 0 Å². The molecule has 2 aliphatic rings. The first kappa shape index (κ1) is 10.0. The Morgan fingerprint density at radius 2 is 2.00 bits per heavy atom. The molecular formula is C11H22O. The molecule has 1 unspecified atom stereocenters. The smallest absolute Gasteiger partial charge is 0.0523 e. The lowest BCUT2D eigenvalue weighted by Crippen LogP contribution is -2.15. The molecule has 1 nitrogen and oxygen atoms in total. The summed E-state index contributed by atoms with van der Waals surface area (Å²) >= 11 is 0. The van der Waals surface area contributed by atoms with Crippen LogP contribution in [0.4, 0.5) is 0 Å². The lowest BCUT2D eigenvalue weighted by molar-refractivity contribution is 0.152. The van der Waals surface area contributed by atoms with Gasteiger partial charge in [0.05, 0.1) is 6.61 Å². The highest BCUT2D eigenvalue weighted by atomic mass is 16.5. The summed E-state index contributed by atoms with van der Waals surface area (Å²) in [7, 11) is 0. The molecule has 1 saturated carbocycles. The minimum Gasteiger partial charge on any atom is -0.381 e. The Hall–Kier alpha value is -0.0400. The minimum atomic E-state index is 0.638. The van der Waals surface area contributed by atoms with E-state index in [1.807, 2.05) is 13.8 Å². The summed E-state index contributed by atoms with van der Waals surface area (Å²) in [5, 5.41) is 0. The van der Waals surface area contributed by atoms with E-state index in [4.69, 9.17) is 4.74 Å². The summed E-state index contributed by atoms with van der Waals surface area (Å²) in [5.41, 5.74) is 0.638. The summed E-state index contributed by atoms with van der Waals surface area (Å²) in [6.45, 7) is 8.44. The minimum absolute atomic E-state index is 0.638. The Labute approximate surface area is 76.5 Å². The molecule has 2 atom stereocenters. The Balaban J connectivity index is 0.000000336. The van der Waals surface area contributed by atoms with Gasteiger partial charge in [0.15, 0.2) is 0 Å². The monoisotopic (exact) mass is 170 g/mol. The number of ether oxygens (including phenoxy) is 1. The molecule has 0 radical (unpaired) electrons. The summed E-state index contributed by atoms with van der Waals surface area (Å²) < 4.78 is 5.43. The van der Waals surface area contributed by atoms with E-state index in [0.717, 1.165) is 19.1 Å². The van der Waals surface area contributed by atoms with Crippen molar-refractivity contribution in [2.24, 2.45) is 11.3 Å². The van der Waals surface area contributed by atoms with Crippen molar-refractivity contribution < 1.29 is 4.74 Å². The Kier molecular flexibility index (Phi) is 3.57. The normalized spacial score (nSPS) is 39.8. The standard InChI is InChI=1S/C9H16O.C2H6/c1-8-2-3-9(6-8)4-5-10-7-9;1-2/h8H,2-7H2,1H3;1-2H3/t8-,9?;/m0./s1. The van der Waals surface area contributed by atoms with Crippen LogP contribution in [-0.2, 0) is 4.74 Å². The third-order valence-electron chi connectivity index (χ3n) is 3.13. The molecule has 0 amide bonds. The molecule has 1 aliphatic carbocycles. The van der Waals surface area contributed by atoms with Gasteiger partial charge < -0.3 is 4.74 Å². The van der Waals surface area contributed by atoms with Crippen molar-refractivity contribution in [1.29, 1.82) is 0 Å². The van der Waals surface area contributed by atoms with Gasteiger partial charge in [-0.2, -0.15) is 0 Å². The summed E-state index contributed by atoms with van der Waals surface area (Å²) in [6, 6.07) is 0. The third-order valence-corrected chi connectivity index (χ3v) is 3.13. The van der Waals surface area contributed by atoms with Crippen LogP contribution in [0.25, 0.3) is 0 Å². The number of hydrogen-bond donors (Lipinski definition) is 0. The molecule has 1 heteroatoms. The van der Waals surface area contributed by atoms with Crippen LogP contribution < -0.4 is 0 Å². The van der Waals surface area contributed by atoms with Gasteiger partial charge in [0.2, 0.25) is 0 Å². The maximum Gasteiger partial charge on any atom is 0.0523 e. The van der Waals surface area contributed by atoms with Crippen LogP contribution in [-0.4, -0.2) is 13.2 Å². The fourth-order valence-corrected chi connectivity index (χ4v) is 2.50. The van der Waals surface area contributed by atoms with Crippen molar-refractivity contribution in [3.05, 3.63) is 0 Å². The summed E-state index contributed by atoms with van der Waals surface area (Å²) in [4.78, 5) is 0. The molecule has 1 saturated heterocycles. The SMILES string of the molecule is CC.C[C@H]1CCC2(CCOC2)C1. The van der Waals surface area contributed by atoms with Crippen LogP contribution in [0.3, 0.4) is 0 Å². The summed E-state index contributed by atoms with van der Waals surface area (Å²) in [5.74, 6) is 0.960. The van der Waals surface area contributed by atoms with Crippen molar-refractivity contribution in [2.75, 3.05) is 13.2 Å². The van der Waals surface area contributed by atoms with Gasteiger partial charge in [0.1, 0.15) is 0 Å². The van der Waals surface area contributed by atoms with Gasteiger partial charge in [-0.1, -0.05) is 27.2 Å². The molecule has 72 valence electrons. The maximum atomic E-state index is 5.43. The molecule has 1 aliphatic heterocycles. The zero-order valence-corrected chi connectivity index (χ0v) is 8.73. The van der Waals surface area contributed by atoms with E-state index in [9.17, 15) is 0 Å². The van der Waals surface area contributed by atoms with E-state index in [0.29, 0.717) is 5.41 Å². The van der Waals surface area contributed by atoms with Gasteiger partial charge in [0, 0.05) is 6.61 Å². The van der Waals surface area contributed by atoms with Crippen LogP contribution in [0, 0.1) is 11.3 Å². The van der Waals surface area contributed by atoms with Crippen molar-refractivity contribution in [1.82, 2.24) is 0 Å². The molecule has 2 fully saturated rings. The lowest BCUT2D eigenvalue weighted by atomic mass is 9.85. The average molecular weight is 170 g/mol. The van der Waals surface area contributed by atoms with Gasteiger partial charge in [0.25, 0.3) is 0 Å². The first-order valence-corrected chi connectivity index (χ1v) is 5.39. The Bertz CT molecular complexity index is 125. The quantitative estimate of drug-likeness (QED) is 0.542. The third kappa shape index (κ3) is 2.01. The molecule has 0 bridgehead atoms. The molecule has 1 spiro atoms. The van der Waals surface area contributed by atoms with E-state index < -0.39 is 0 Å². The van der Waals surface area contributed by atoms with Crippen molar-refractivity contribution in [2.45, 2.75) is 46.5 Å². The highest BCUT2D eigenvalue weighted by Gasteiger charge is 2.40. The van der Waals surface area contributed by atoms with E-state index >= 15 is 0 Å². The first-order chi connectivity index (χ1) is 5.81. The highest BCUT2D eigenvalue weighted by Crippen LogP contribution is 2.46. The number of hydrogen-bond acceptors (Lipinski definition) is 1. The van der Waals surface area contributed by atoms with Gasteiger partial charge in [-0.3, -0.25) is 0 Å². The second-order valence-electron chi connectivity index (χ2n) is 4.15. The van der Waals surface area contributed by atoms with Crippen LogP contribution in [0.15, 0.2) is 0 Å². The molecule has 0 N–H and O–H groups in total. The molecule has 0 aromatic carbocycles. The Morgan fingerprint density at radius 1 is 1.25 bits per heavy atom. The topological polar surface area (TPSA) is 9.23 Å². The van der Waals surface area contributed by atoms with Gasteiger partial charge in [-0.15, -0.1) is 0 Å². The maximum absolute atomic E-state index is 5.43. The largest absolute Gasteiger partial charge is 0.381 e. The zero-order valence-electron chi connectivity index (χ0n) is 8.73. The predicted octanol–water partition coefficient (Wildman–Crippen LogP) is 3.24. The highest BCUT2D eigenvalue weighted by molar-refractivity contribution is 4.90. The van der Waals surface area contributed by atoms with Crippen molar-refractivity contribution in [3.63, 3.8) is 0 Å². The van der Waals surface area contributed by atoms with Gasteiger partial charge in [-0.25, -0.2) is 0 Å². The first-order valence-electron chi connectivity index (χ1n) is 5.39. The van der Waals surface area contributed by atoms with Gasteiger partial charge in [-0.05, 0) is 30.6 Å². The van der Waals surface area contributed by atoms with Crippen LogP contribution in [0.5, 0.6) is 0 Å². The molecule has 12 heavy (non-hydrogen) atoms. The molecule has 2 rings (SSSR count). The van der Waals surface area contributed by atoms with E-state index in [2.05, 4.69) is 6.92 Å². The molecule has 0 aromatic rings. The lowest BCUT2D eigenvalue weighted by Gasteiger charge is -2.19. The second kappa shape index (κ2) is 4.27. The Morgan fingerprint density at radius 3 is 2.42 bits per heavy atom. The summed E-state index contributed by atoms with van der Waals surface area (Å²) in [6.07, 6.45) is 5.61. The van der Waals surface area contributed by atoms with Crippen LogP contribution in [0.1, 0.15) is 46.5 Å². The van der Waals surface area contributed by atoms with Crippen molar-refractivity contribution in [3.8, 4) is 0 Å².